The first-order valence-corrected chi connectivity index (χ1v) is 6.12. The minimum absolute atomic E-state index is 0.322. The summed E-state index contributed by atoms with van der Waals surface area (Å²) >= 11 is 3.43. The van der Waals surface area contributed by atoms with Crippen molar-refractivity contribution >= 4 is 21.6 Å². The average Bonchev–Trinajstić information content (AvgIpc) is 2.33. The van der Waals surface area contributed by atoms with Crippen LogP contribution in [0.1, 0.15) is 18.5 Å². The Bertz CT molecular complexity index is 436. The van der Waals surface area contributed by atoms with Crippen LogP contribution in [-0.2, 0) is 0 Å². The van der Waals surface area contributed by atoms with Gasteiger partial charge in [-0.05, 0) is 36.8 Å². The molecule has 0 aromatic heterocycles. The Kier molecular flexibility index (Phi) is 3.62. The van der Waals surface area contributed by atoms with Crippen molar-refractivity contribution in [2.45, 2.75) is 13.0 Å². The van der Waals surface area contributed by atoms with E-state index in [1.165, 1.54) is 5.56 Å². The van der Waals surface area contributed by atoms with Gasteiger partial charge in [-0.15, -0.1) is 0 Å². The van der Waals surface area contributed by atoms with Crippen LogP contribution in [0.5, 0.6) is 0 Å². The molecule has 0 fully saturated rings. The van der Waals surface area contributed by atoms with E-state index in [0.29, 0.717) is 6.04 Å². The highest BCUT2D eigenvalue weighted by Gasteiger charge is 2.03. The Morgan fingerprint density at radius 2 is 1.56 bits per heavy atom. The zero-order valence-electron chi connectivity index (χ0n) is 9.15. The summed E-state index contributed by atoms with van der Waals surface area (Å²) in [6, 6.07) is 19.0. The number of nitrogens with one attached hydrogen (secondary N) is 1. The summed E-state index contributed by atoms with van der Waals surface area (Å²) in [5, 5.41) is 3.46. The molecule has 0 spiro atoms. The molecule has 1 nitrogen and oxygen atoms in total. The summed E-state index contributed by atoms with van der Waals surface area (Å²) in [5.74, 6) is 0. The second-order valence-electron chi connectivity index (χ2n) is 3.78. The van der Waals surface area contributed by atoms with Gasteiger partial charge in [0.25, 0.3) is 0 Å². The van der Waals surface area contributed by atoms with Crippen LogP contribution in [0.3, 0.4) is 0 Å². The highest BCUT2D eigenvalue weighted by atomic mass is 79.9. The maximum absolute atomic E-state index is 3.46. The molecule has 82 valence electrons. The van der Waals surface area contributed by atoms with Gasteiger partial charge in [0.05, 0.1) is 0 Å². The molecule has 2 heteroatoms. The Hall–Kier alpha value is -1.28. The van der Waals surface area contributed by atoms with Crippen molar-refractivity contribution in [3.05, 3.63) is 64.6 Å². The standard InChI is InChI=1S/C14H14BrN/c1-11(12-5-3-2-4-6-12)16-14-9-7-13(15)8-10-14/h2-11,16H,1H3. The van der Waals surface area contributed by atoms with E-state index in [1.807, 2.05) is 18.2 Å². The Balaban J connectivity index is 2.08. The topological polar surface area (TPSA) is 12.0 Å². The molecule has 2 rings (SSSR count). The molecule has 0 aliphatic heterocycles. The lowest BCUT2D eigenvalue weighted by Crippen LogP contribution is -2.05. The van der Waals surface area contributed by atoms with E-state index in [-0.39, 0.29) is 0 Å². The van der Waals surface area contributed by atoms with Gasteiger partial charge in [-0.2, -0.15) is 0 Å². The van der Waals surface area contributed by atoms with E-state index in [4.69, 9.17) is 0 Å². The van der Waals surface area contributed by atoms with Crippen LogP contribution in [0.25, 0.3) is 0 Å². The van der Waals surface area contributed by atoms with Crippen molar-refractivity contribution in [2.24, 2.45) is 0 Å². The number of hydrogen-bond acceptors (Lipinski definition) is 1. The van der Waals surface area contributed by atoms with Crippen molar-refractivity contribution in [1.29, 1.82) is 0 Å². The number of halogens is 1. The average molecular weight is 276 g/mol. The summed E-state index contributed by atoms with van der Waals surface area (Å²) < 4.78 is 1.10. The van der Waals surface area contributed by atoms with Gasteiger partial charge in [0.2, 0.25) is 0 Å². The van der Waals surface area contributed by atoms with Crippen molar-refractivity contribution in [2.75, 3.05) is 5.32 Å². The fourth-order valence-corrected chi connectivity index (χ4v) is 1.89. The van der Waals surface area contributed by atoms with Crippen molar-refractivity contribution < 1.29 is 0 Å². The first-order chi connectivity index (χ1) is 7.75. The van der Waals surface area contributed by atoms with E-state index in [0.717, 1.165) is 10.2 Å². The molecule has 0 saturated carbocycles. The monoisotopic (exact) mass is 275 g/mol. The SMILES string of the molecule is CC(Nc1ccc(Br)cc1)c1ccccc1. The van der Waals surface area contributed by atoms with Gasteiger partial charge in [0, 0.05) is 16.2 Å². The van der Waals surface area contributed by atoms with Gasteiger partial charge < -0.3 is 5.32 Å². The molecule has 0 bridgehead atoms. The summed E-state index contributed by atoms with van der Waals surface area (Å²) in [7, 11) is 0. The van der Waals surface area contributed by atoms with Crippen LogP contribution < -0.4 is 5.32 Å². The molecule has 1 unspecified atom stereocenters. The Labute approximate surface area is 105 Å². The van der Waals surface area contributed by atoms with Gasteiger partial charge in [-0.25, -0.2) is 0 Å². The molecule has 0 radical (unpaired) electrons. The quantitative estimate of drug-likeness (QED) is 0.862. The molecular weight excluding hydrogens is 262 g/mol. The minimum atomic E-state index is 0.322. The molecular formula is C14H14BrN. The molecule has 16 heavy (non-hydrogen) atoms. The summed E-state index contributed by atoms with van der Waals surface area (Å²) in [6.45, 7) is 2.16. The van der Waals surface area contributed by atoms with E-state index in [1.54, 1.807) is 0 Å². The van der Waals surface area contributed by atoms with Crippen molar-refractivity contribution in [1.82, 2.24) is 0 Å². The molecule has 1 atom stereocenters. The second kappa shape index (κ2) is 5.17. The first kappa shape index (κ1) is 11.2. The zero-order valence-corrected chi connectivity index (χ0v) is 10.7. The predicted molar refractivity (Wildman–Crippen MR) is 72.6 cm³/mol. The lowest BCUT2D eigenvalue weighted by atomic mass is 10.1. The number of rotatable bonds is 3. The largest absolute Gasteiger partial charge is 0.379 e. The fraction of sp³-hybridized carbons (Fsp3) is 0.143. The van der Waals surface area contributed by atoms with Gasteiger partial charge in [-0.1, -0.05) is 46.3 Å². The maximum Gasteiger partial charge on any atom is 0.0485 e. The van der Waals surface area contributed by atoms with Gasteiger partial charge in [0.15, 0.2) is 0 Å². The number of benzene rings is 2. The zero-order chi connectivity index (χ0) is 11.4. The lowest BCUT2D eigenvalue weighted by molar-refractivity contribution is 0.885. The van der Waals surface area contributed by atoms with Crippen LogP contribution >= 0.6 is 15.9 Å². The highest BCUT2D eigenvalue weighted by Crippen LogP contribution is 2.20. The Morgan fingerprint density at radius 1 is 0.938 bits per heavy atom. The Morgan fingerprint density at radius 3 is 2.19 bits per heavy atom. The van der Waals surface area contributed by atoms with Crippen molar-refractivity contribution in [3.63, 3.8) is 0 Å². The fourth-order valence-electron chi connectivity index (χ4n) is 1.62. The van der Waals surface area contributed by atoms with Gasteiger partial charge in [-0.3, -0.25) is 0 Å². The van der Waals surface area contributed by atoms with E-state index >= 15 is 0 Å². The summed E-state index contributed by atoms with van der Waals surface area (Å²) in [5.41, 5.74) is 2.44. The van der Waals surface area contributed by atoms with Gasteiger partial charge in [0.1, 0.15) is 0 Å². The molecule has 0 saturated heterocycles. The minimum Gasteiger partial charge on any atom is -0.379 e. The van der Waals surface area contributed by atoms with E-state index < -0.39 is 0 Å². The predicted octanol–water partition coefficient (Wildman–Crippen LogP) is 4.62. The first-order valence-electron chi connectivity index (χ1n) is 5.33. The second-order valence-corrected chi connectivity index (χ2v) is 4.70. The van der Waals surface area contributed by atoms with Crippen molar-refractivity contribution in [3.8, 4) is 0 Å². The molecule has 0 heterocycles. The third-order valence-electron chi connectivity index (χ3n) is 2.53. The number of anilines is 1. The molecule has 2 aromatic carbocycles. The third kappa shape index (κ3) is 2.86. The van der Waals surface area contributed by atoms with E-state index in [2.05, 4.69) is 64.6 Å². The van der Waals surface area contributed by atoms with Crippen LogP contribution in [0, 0.1) is 0 Å². The normalized spacial score (nSPS) is 12.1. The lowest BCUT2D eigenvalue weighted by Gasteiger charge is -2.15. The molecule has 1 N–H and O–H groups in total. The third-order valence-corrected chi connectivity index (χ3v) is 3.06. The summed E-state index contributed by atoms with van der Waals surface area (Å²) in [4.78, 5) is 0. The van der Waals surface area contributed by atoms with Crippen LogP contribution in [-0.4, -0.2) is 0 Å². The van der Waals surface area contributed by atoms with Crippen LogP contribution in [0.15, 0.2) is 59.1 Å². The maximum atomic E-state index is 3.46. The highest BCUT2D eigenvalue weighted by molar-refractivity contribution is 9.10. The summed E-state index contributed by atoms with van der Waals surface area (Å²) in [6.07, 6.45) is 0. The molecule has 0 amide bonds. The smallest absolute Gasteiger partial charge is 0.0485 e. The molecule has 2 aromatic rings. The van der Waals surface area contributed by atoms with Crippen LogP contribution in [0.4, 0.5) is 5.69 Å². The molecule has 0 aliphatic carbocycles. The number of hydrogen-bond donors (Lipinski definition) is 1. The molecule has 0 aliphatic rings. The van der Waals surface area contributed by atoms with Crippen LogP contribution in [0.2, 0.25) is 0 Å². The van der Waals surface area contributed by atoms with Gasteiger partial charge >= 0.3 is 0 Å². The van der Waals surface area contributed by atoms with E-state index in [9.17, 15) is 0 Å².